The van der Waals surface area contributed by atoms with Crippen LogP contribution >= 0.6 is 11.6 Å². The van der Waals surface area contributed by atoms with E-state index in [0.29, 0.717) is 5.02 Å². The molecule has 6 rings (SSSR count). The number of aromatic nitrogens is 1. The minimum Gasteiger partial charge on any atom is -0.444 e. The second kappa shape index (κ2) is 7.80. The number of hydrogen-bond donors (Lipinski definition) is 0. The Morgan fingerprint density at radius 2 is 1.94 bits per heavy atom. The van der Waals surface area contributed by atoms with Crippen LogP contribution in [0.3, 0.4) is 0 Å². The second-order valence-corrected chi connectivity index (χ2v) is 8.94. The lowest BCUT2D eigenvalue weighted by Crippen LogP contribution is -2.56. The number of benzene rings is 2. The fourth-order valence-corrected chi connectivity index (χ4v) is 5.17. The molecular weight excluding hydrogens is 424 g/mol. The van der Waals surface area contributed by atoms with Gasteiger partial charge in [0.25, 0.3) is 0 Å². The average molecular weight is 447 g/mol. The number of fused-ring (bicyclic) bond motifs is 2. The molecule has 2 aromatic carbocycles. The Morgan fingerprint density at radius 1 is 1.06 bits per heavy atom. The highest BCUT2D eigenvalue weighted by atomic mass is 35.5. The van der Waals surface area contributed by atoms with Gasteiger partial charge in [0, 0.05) is 53.2 Å². The number of carbonyl (C=O) groups excluding carboxylic acids is 1. The van der Waals surface area contributed by atoms with Crippen LogP contribution in [0.15, 0.2) is 67.0 Å². The Kier molecular flexibility index (Phi) is 4.77. The summed E-state index contributed by atoms with van der Waals surface area (Å²) in [5.74, 6) is 0. The number of halogens is 1. The molecular formula is C25H23ClN4O2. The molecule has 0 N–H and O–H groups in total. The maximum Gasteiger partial charge on any atom is 0.414 e. The van der Waals surface area contributed by atoms with E-state index in [1.165, 1.54) is 5.69 Å². The van der Waals surface area contributed by atoms with Crippen LogP contribution in [0, 0.1) is 0 Å². The molecule has 0 bridgehead atoms. The summed E-state index contributed by atoms with van der Waals surface area (Å²) in [6.07, 6.45) is 7.98. The van der Waals surface area contributed by atoms with E-state index >= 15 is 0 Å². The number of cyclic esters (lactones) is 1. The van der Waals surface area contributed by atoms with Crippen molar-refractivity contribution in [2.24, 2.45) is 0 Å². The molecule has 0 aliphatic carbocycles. The SMILES string of the molecule is O=C1OCc2cc(Cl)ccc2N1C1CCN(C2C=CN2c2ccc3ncccc3c2)CC1. The van der Waals surface area contributed by atoms with Gasteiger partial charge in [0.2, 0.25) is 0 Å². The molecule has 1 fully saturated rings. The summed E-state index contributed by atoms with van der Waals surface area (Å²) in [6.45, 7) is 2.11. The Labute approximate surface area is 191 Å². The summed E-state index contributed by atoms with van der Waals surface area (Å²) in [6, 6.07) is 16.3. The molecule has 0 spiro atoms. The lowest BCUT2D eigenvalue weighted by molar-refractivity contribution is 0.127. The van der Waals surface area contributed by atoms with Crippen molar-refractivity contribution < 1.29 is 9.53 Å². The zero-order chi connectivity index (χ0) is 21.7. The molecule has 3 aromatic rings. The van der Waals surface area contributed by atoms with Gasteiger partial charge >= 0.3 is 6.09 Å². The normalized spacial score (nSPS) is 21.4. The van der Waals surface area contributed by atoms with Crippen molar-refractivity contribution in [2.75, 3.05) is 22.9 Å². The van der Waals surface area contributed by atoms with E-state index in [9.17, 15) is 4.79 Å². The molecule has 3 aliphatic rings. The molecule has 6 nitrogen and oxygen atoms in total. The zero-order valence-corrected chi connectivity index (χ0v) is 18.3. The topological polar surface area (TPSA) is 48.9 Å². The third kappa shape index (κ3) is 3.31. The number of hydrogen-bond acceptors (Lipinski definition) is 5. The number of anilines is 2. The first-order valence-corrected chi connectivity index (χ1v) is 11.3. The first-order chi connectivity index (χ1) is 15.7. The third-order valence-corrected chi connectivity index (χ3v) is 6.91. The number of amides is 1. The highest BCUT2D eigenvalue weighted by Crippen LogP contribution is 2.35. The highest BCUT2D eigenvalue weighted by Gasteiger charge is 2.37. The van der Waals surface area contributed by atoms with Crippen molar-refractivity contribution in [1.82, 2.24) is 9.88 Å². The number of carbonyl (C=O) groups is 1. The maximum absolute atomic E-state index is 12.6. The van der Waals surface area contributed by atoms with E-state index in [0.717, 1.165) is 48.1 Å². The predicted molar refractivity (Wildman–Crippen MR) is 126 cm³/mol. The number of ether oxygens (including phenoxy) is 1. The van der Waals surface area contributed by atoms with Crippen molar-refractivity contribution in [2.45, 2.75) is 31.7 Å². The molecule has 3 aliphatic heterocycles. The standard InChI is InChI=1S/C25H23ClN4O2/c26-19-3-6-23-18(14-19)16-32-25(31)30(23)20-7-11-28(12-8-20)24-9-13-29(24)21-4-5-22-17(15-21)2-1-10-27-22/h1-6,9-10,13-15,20,24H,7-8,11-12,16H2. The smallest absolute Gasteiger partial charge is 0.414 e. The first kappa shape index (κ1) is 19.6. The Bertz CT molecular complexity index is 1220. The van der Waals surface area contributed by atoms with Crippen molar-refractivity contribution in [3.05, 3.63) is 77.6 Å². The van der Waals surface area contributed by atoms with Crippen LogP contribution < -0.4 is 9.80 Å². The third-order valence-electron chi connectivity index (χ3n) is 6.68. The van der Waals surface area contributed by atoms with Crippen LogP contribution in [-0.2, 0) is 11.3 Å². The van der Waals surface area contributed by atoms with Gasteiger partial charge in [-0.25, -0.2) is 4.79 Å². The molecule has 0 saturated carbocycles. The predicted octanol–water partition coefficient (Wildman–Crippen LogP) is 5.17. The van der Waals surface area contributed by atoms with E-state index in [2.05, 4.69) is 51.3 Å². The van der Waals surface area contributed by atoms with Crippen molar-refractivity contribution in [3.8, 4) is 0 Å². The molecule has 1 atom stereocenters. The summed E-state index contributed by atoms with van der Waals surface area (Å²) >= 11 is 6.14. The van der Waals surface area contributed by atoms with Gasteiger partial charge in [-0.2, -0.15) is 0 Å². The summed E-state index contributed by atoms with van der Waals surface area (Å²) in [5, 5.41) is 1.81. The zero-order valence-electron chi connectivity index (χ0n) is 17.5. The Morgan fingerprint density at radius 3 is 2.75 bits per heavy atom. The minimum absolute atomic E-state index is 0.128. The van der Waals surface area contributed by atoms with E-state index in [1.807, 2.05) is 35.4 Å². The Balaban J connectivity index is 1.16. The molecule has 1 unspecified atom stereocenters. The second-order valence-electron chi connectivity index (χ2n) is 8.51. The highest BCUT2D eigenvalue weighted by molar-refractivity contribution is 6.30. The van der Waals surface area contributed by atoms with Crippen LogP contribution in [0.5, 0.6) is 0 Å². The van der Waals surface area contributed by atoms with E-state index < -0.39 is 0 Å². The molecule has 7 heteroatoms. The molecule has 1 aromatic heterocycles. The summed E-state index contributed by atoms with van der Waals surface area (Å²) in [4.78, 5) is 23.6. The molecule has 4 heterocycles. The number of rotatable bonds is 3. The molecule has 1 saturated heterocycles. The number of pyridine rings is 1. The van der Waals surface area contributed by atoms with Gasteiger partial charge in [-0.15, -0.1) is 0 Å². The van der Waals surface area contributed by atoms with Crippen LogP contribution in [-0.4, -0.2) is 41.3 Å². The van der Waals surface area contributed by atoms with Gasteiger partial charge in [-0.05, 0) is 61.4 Å². The van der Waals surface area contributed by atoms with Crippen LogP contribution in [0.4, 0.5) is 16.2 Å². The molecule has 162 valence electrons. The fourth-order valence-electron chi connectivity index (χ4n) is 4.98. The van der Waals surface area contributed by atoms with E-state index in [1.54, 1.807) is 0 Å². The average Bonchev–Trinajstić information content (AvgIpc) is 2.79. The minimum atomic E-state index is -0.256. The lowest BCUT2D eigenvalue weighted by Gasteiger charge is -2.47. The van der Waals surface area contributed by atoms with Crippen molar-refractivity contribution >= 4 is 40.0 Å². The van der Waals surface area contributed by atoms with Crippen molar-refractivity contribution in [3.63, 3.8) is 0 Å². The Hall–Kier alpha value is -3.09. The summed E-state index contributed by atoms with van der Waals surface area (Å²) < 4.78 is 5.43. The number of piperidine rings is 1. The van der Waals surface area contributed by atoms with Gasteiger partial charge in [0.1, 0.15) is 12.8 Å². The van der Waals surface area contributed by atoms with E-state index in [-0.39, 0.29) is 24.9 Å². The van der Waals surface area contributed by atoms with Gasteiger partial charge in [0.15, 0.2) is 0 Å². The fraction of sp³-hybridized carbons (Fsp3) is 0.280. The lowest BCUT2D eigenvalue weighted by atomic mass is 9.99. The number of nitrogens with zero attached hydrogens (tertiary/aromatic N) is 4. The largest absolute Gasteiger partial charge is 0.444 e. The van der Waals surface area contributed by atoms with Crippen molar-refractivity contribution in [1.29, 1.82) is 0 Å². The van der Waals surface area contributed by atoms with Gasteiger partial charge in [-0.3, -0.25) is 14.8 Å². The van der Waals surface area contributed by atoms with Gasteiger partial charge in [0.05, 0.1) is 11.2 Å². The summed E-state index contributed by atoms with van der Waals surface area (Å²) in [7, 11) is 0. The van der Waals surface area contributed by atoms with Crippen LogP contribution in [0.1, 0.15) is 18.4 Å². The maximum atomic E-state index is 12.6. The van der Waals surface area contributed by atoms with E-state index in [4.69, 9.17) is 16.3 Å². The first-order valence-electron chi connectivity index (χ1n) is 11.0. The van der Waals surface area contributed by atoms with Gasteiger partial charge < -0.3 is 9.64 Å². The number of likely N-dealkylation sites (tertiary alicyclic amines) is 1. The molecule has 1 amide bonds. The van der Waals surface area contributed by atoms with Crippen LogP contribution in [0.2, 0.25) is 5.02 Å². The molecule has 0 radical (unpaired) electrons. The van der Waals surface area contributed by atoms with Gasteiger partial charge in [-0.1, -0.05) is 17.7 Å². The van der Waals surface area contributed by atoms with Crippen LogP contribution in [0.25, 0.3) is 10.9 Å². The summed E-state index contributed by atoms with van der Waals surface area (Å²) in [5.41, 5.74) is 4.08. The quantitative estimate of drug-likeness (QED) is 0.555. The monoisotopic (exact) mass is 446 g/mol. The molecule has 32 heavy (non-hydrogen) atoms.